The number of ether oxygens (including phenoxy) is 1. The third kappa shape index (κ3) is 2.27. The molecule has 0 saturated carbocycles. The minimum atomic E-state index is -4.48. The molecule has 122 valence electrons. The largest absolute Gasteiger partial charge is 0.493 e. The monoisotopic (exact) mass is 340 g/mol. The first kappa shape index (κ1) is 15.4. The van der Waals surface area contributed by atoms with Crippen LogP contribution in [0, 0.1) is 0 Å². The lowest BCUT2D eigenvalue weighted by atomic mass is 9.94. The molecule has 0 radical (unpaired) electrons. The Bertz CT molecular complexity index is 1080. The van der Waals surface area contributed by atoms with Crippen molar-refractivity contribution in [3.63, 3.8) is 0 Å². The van der Waals surface area contributed by atoms with E-state index < -0.39 is 7.60 Å². The Morgan fingerprint density at radius 3 is 2.29 bits per heavy atom. The predicted molar refractivity (Wildman–Crippen MR) is 97.6 cm³/mol. The van der Waals surface area contributed by atoms with Gasteiger partial charge in [0.15, 0.2) is 0 Å². The van der Waals surface area contributed by atoms with Gasteiger partial charge in [0, 0.05) is 5.39 Å². The Kier molecular flexibility index (Phi) is 3.50. The van der Waals surface area contributed by atoms with E-state index in [4.69, 9.17) is 4.74 Å². The summed E-state index contributed by atoms with van der Waals surface area (Å²) in [6, 6.07) is 15.5. The van der Waals surface area contributed by atoms with Crippen molar-refractivity contribution in [1.29, 1.82) is 0 Å². The van der Waals surface area contributed by atoms with Crippen molar-refractivity contribution in [3.05, 3.63) is 48.5 Å². The molecule has 4 aromatic carbocycles. The van der Waals surface area contributed by atoms with Gasteiger partial charge in [0.25, 0.3) is 0 Å². The standard InChI is InChI=1S/C19H17O4P/c1-2-10-23-16-11-14-7-6-12-4-3-5-13-8-9-15(18(14)17(12)13)19(16)24(20,21)22/h3-9,11H,2,10H2,1H3,(H2,20,21,22). The second-order valence-corrected chi connectivity index (χ2v) is 7.51. The zero-order valence-corrected chi connectivity index (χ0v) is 14.1. The summed E-state index contributed by atoms with van der Waals surface area (Å²) in [5.74, 6) is 0.274. The van der Waals surface area contributed by atoms with Crippen LogP contribution in [0.5, 0.6) is 5.75 Å². The Morgan fingerprint density at radius 1 is 0.958 bits per heavy atom. The van der Waals surface area contributed by atoms with Gasteiger partial charge in [-0.3, -0.25) is 4.57 Å². The summed E-state index contributed by atoms with van der Waals surface area (Å²) >= 11 is 0. The van der Waals surface area contributed by atoms with Crippen LogP contribution in [0.3, 0.4) is 0 Å². The zero-order valence-electron chi connectivity index (χ0n) is 13.2. The molecule has 0 atom stereocenters. The van der Waals surface area contributed by atoms with Crippen molar-refractivity contribution in [3.8, 4) is 5.75 Å². The summed E-state index contributed by atoms with van der Waals surface area (Å²) in [5.41, 5.74) is 0. The highest BCUT2D eigenvalue weighted by Gasteiger charge is 2.27. The molecule has 4 nitrogen and oxygen atoms in total. The average molecular weight is 340 g/mol. The molecule has 5 heteroatoms. The first-order valence-corrected chi connectivity index (χ1v) is 9.51. The molecule has 0 saturated heterocycles. The molecule has 0 bridgehead atoms. The second-order valence-electron chi connectivity index (χ2n) is 5.97. The van der Waals surface area contributed by atoms with Crippen molar-refractivity contribution >= 4 is 45.2 Å². The smallest absolute Gasteiger partial charge is 0.360 e. The van der Waals surface area contributed by atoms with E-state index in [1.807, 2.05) is 43.3 Å². The highest BCUT2D eigenvalue weighted by molar-refractivity contribution is 7.61. The van der Waals surface area contributed by atoms with E-state index in [0.717, 1.165) is 33.4 Å². The van der Waals surface area contributed by atoms with Crippen molar-refractivity contribution in [1.82, 2.24) is 0 Å². The van der Waals surface area contributed by atoms with Gasteiger partial charge >= 0.3 is 7.60 Å². The molecule has 0 fully saturated rings. The minimum absolute atomic E-state index is 0.0123. The third-order valence-electron chi connectivity index (χ3n) is 4.34. The molecule has 24 heavy (non-hydrogen) atoms. The molecule has 2 N–H and O–H groups in total. The lowest BCUT2D eigenvalue weighted by Crippen LogP contribution is -2.12. The number of hydrogen-bond acceptors (Lipinski definition) is 2. The van der Waals surface area contributed by atoms with E-state index in [-0.39, 0.29) is 11.1 Å². The van der Waals surface area contributed by atoms with Crippen LogP contribution in [0.25, 0.3) is 32.3 Å². The number of rotatable bonds is 4. The highest BCUT2D eigenvalue weighted by Crippen LogP contribution is 2.44. The third-order valence-corrected chi connectivity index (χ3v) is 5.38. The van der Waals surface area contributed by atoms with Gasteiger partial charge in [-0.1, -0.05) is 49.4 Å². The molecule has 0 heterocycles. The topological polar surface area (TPSA) is 66.8 Å². The minimum Gasteiger partial charge on any atom is -0.493 e. The molecule has 0 spiro atoms. The average Bonchev–Trinajstić information content (AvgIpc) is 2.56. The van der Waals surface area contributed by atoms with Crippen LogP contribution in [0.2, 0.25) is 0 Å². The molecule has 4 rings (SSSR count). The van der Waals surface area contributed by atoms with E-state index >= 15 is 0 Å². The molecule has 0 aliphatic heterocycles. The van der Waals surface area contributed by atoms with Crippen molar-refractivity contribution in [2.24, 2.45) is 0 Å². The molecule has 0 unspecified atom stereocenters. The molecule has 0 aromatic heterocycles. The molecular weight excluding hydrogens is 323 g/mol. The fraction of sp³-hybridized carbons (Fsp3) is 0.158. The van der Waals surface area contributed by atoms with Gasteiger partial charge in [0.2, 0.25) is 0 Å². The molecule has 0 aliphatic carbocycles. The SMILES string of the molecule is CCCOc1cc2ccc3cccc4ccc(c1P(=O)(O)O)c2c34. The number of benzene rings is 4. The summed E-state index contributed by atoms with van der Waals surface area (Å²) < 4.78 is 17.8. The molecule has 0 amide bonds. The molecule has 4 aromatic rings. The Hall–Kier alpha value is -2.13. The van der Waals surface area contributed by atoms with Crippen LogP contribution in [-0.4, -0.2) is 16.4 Å². The number of hydrogen-bond donors (Lipinski definition) is 2. The molecular formula is C19H17O4P. The van der Waals surface area contributed by atoms with Crippen LogP contribution in [0.15, 0.2) is 48.5 Å². The van der Waals surface area contributed by atoms with E-state index in [9.17, 15) is 14.4 Å². The Morgan fingerprint density at radius 2 is 1.62 bits per heavy atom. The van der Waals surface area contributed by atoms with E-state index in [0.29, 0.717) is 12.0 Å². The quantitative estimate of drug-likeness (QED) is 0.432. The lowest BCUT2D eigenvalue weighted by Gasteiger charge is -2.18. The van der Waals surface area contributed by atoms with E-state index in [1.165, 1.54) is 0 Å². The van der Waals surface area contributed by atoms with Gasteiger partial charge < -0.3 is 14.5 Å². The predicted octanol–water partition coefficient (Wildman–Crippen LogP) is 4.18. The summed E-state index contributed by atoms with van der Waals surface area (Å²) in [4.78, 5) is 19.9. The Labute approximate surface area is 139 Å². The zero-order chi connectivity index (χ0) is 16.9. The van der Waals surface area contributed by atoms with Gasteiger partial charge in [-0.15, -0.1) is 0 Å². The highest BCUT2D eigenvalue weighted by atomic mass is 31.2. The van der Waals surface area contributed by atoms with Crippen LogP contribution < -0.4 is 10.0 Å². The Balaban J connectivity index is 2.20. The summed E-state index contributed by atoms with van der Waals surface area (Å²) in [5, 5.41) is 5.52. The maximum atomic E-state index is 12.2. The van der Waals surface area contributed by atoms with Gasteiger partial charge in [-0.2, -0.15) is 0 Å². The van der Waals surface area contributed by atoms with E-state index in [1.54, 1.807) is 12.1 Å². The van der Waals surface area contributed by atoms with Gasteiger partial charge in [-0.25, -0.2) is 0 Å². The van der Waals surface area contributed by atoms with Gasteiger partial charge in [0.1, 0.15) is 11.1 Å². The van der Waals surface area contributed by atoms with Gasteiger partial charge in [-0.05, 0) is 39.4 Å². The summed E-state index contributed by atoms with van der Waals surface area (Å²) in [7, 11) is -4.48. The van der Waals surface area contributed by atoms with Crippen molar-refractivity contribution < 1.29 is 19.1 Å². The van der Waals surface area contributed by atoms with Crippen LogP contribution in [-0.2, 0) is 4.57 Å². The lowest BCUT2D eigenvalue weighted by molar-refractivity contribution is 0.318. The van der Waals surface area contributed by atoms with Crippen LogP contribution >= 0.6 is 7.60 Å². The van der Waals surface area contributed by atoms with Crippen LogP contribution in [0.1, 0.15) is 13.3 Å². The fourth-order valence-electron chi connectivity index (χ4n) is 3.39. The first-order chi connectivity index (χ1) is 11.5. The van der Waals surface area contributed by atoms with E-state index in [2.05, 4.69) is 0 Å². The van der Waals surface area contributed by atoms with Crippen molar-refractivity contribution in [2.75, 3.05) is 6.61 Å². The van der Waals surface area contributed by atoms with Gasteiger partial charge in [0.05, 0.1) is 6.61 Å². The van der Waals surface area contributed by atoms with Crippen molar-refractivity contribution in [2.45, 2.75) is 13.3 Å². The van der Waals surface area contributed by atoms with Crippen LogP contribution in [0.4, 0.5) is 0 Å². The second kappa shape index (κ2) is 5.45. The fourth-order valence-corrected chi connectivity index (χ4v) is 4.31. The summed E-state index contributed by atoms with van der Waals surface area (Å²) in [6.45, 7) is 2.38. The molecule has 0 aliphatic rings. The maximum Gasteiger partial charge on any atom is 0.360 e. The first-order valence-electron chi connectivity index (χ1n) is 7.90. The summed E-state index contributed by atoms with van der Waals surface area (Å²) in [6.07, 6.45) is 0.770. The maximum absolute atomic E-state index is 12.2. The normalized spacial score (nSPS) is 12.5.